The van der Waals surface area contributed by atoms with Gasteiger partial charge in [-0.1, -0.05) is 51.4 Å². The lowest BCUT2D eigenvalue weighted by Crippen LogP contribution is -2.51. The van der Waals surface area contributed by atoms with E-state index in [2.05, 4.69) is 5.32 Å². The van der Waals surface area contributed by atoms with Gasteiger partial charge in [0.25, 0.3) is 5.91 Å². The molecule has 27 heavy (non-hydrogen) atoms. The maximum atomic E-state index is 13.1. The molecule has 1 aliphatic heterocycles. The number of benzene rings is 1. The van der Waals surface area contributed by atoms with Gasteiger partial charge in [0, 0.05) is 13.1 Å². The molecular weight excluding hydrogens is 368 g/mol. The third kappa shape index (κ3) is 4.26. The SMILES string of the molecule is CC(C)C(NC(=O)c1ccccc1Cl)C(=O)N1CCC(C(=O)O)(C(C)C)C1. The van der Waals surface area contributed by atoms with Gasteiger partial charge in [-0.15, -0.1) is 0 Å². The van der Waals surface area contributed by atoms with Crippen molar-refractivity contribution in [2.24, 2.45) is 17.3 Å². The van der Waals surface area contributed by atoms with E-state index in [-0.39, 0.29) is 24.3 Å². The molecule has 1 heterocycles. The van der Waals surface area contributed by atoms with E-state index in [1.165, 1.54) is 0 Å². The summed E-state index contributed by atoms with van der Waals surface area (Å²) in [6.45, 7) is 7.94. The van der Waals surface area contributed by atoms with Gasteiger partial charge in [0.2, 0.25) is 5.91 Å². The minimum atomic E-state index is -0.941. The molecule has 0 saturated carbocycles. The molecule has 1 saturated heterocycles. The smallest absolute Gasteiger partial charge is 0.311 e. The minimum Gasteiger partial charge on any atom is -0.481 e. The van der Waals surface area contributed by atoms with Gasteiger partial charge < -0.3 is 15.3 Å². The predicted octanol–water partition coefficient (Wildman–Crippen LogP) is 3.05. The van der Waals surface area contributed by atoms with E-state index in [4.69, 9.17) is 11.6 Å². The van der Waals surface area contributed by atoms with Crippen LogP contribution in [0.25, 0.3) is 0 Å². The van der Waals surface area contributed by atoms with E-state index in [0.29, 0.717) is 23.6 Å². The summed E-state index contributed by atoms with van der Waals surface area (Å²) in [4.78, 5) is 39.0. The van der Waals surface area contributed by atoms with Gasteiger partial charge in [-0.3, -0.25) is 14.4 Å². The Balaban J connectivity index is 2.18. The number of carboxylic acid groups (broad SMARTS) is 1. The van der Waals surface area contributed by atoms with E-state index < -0.39 is 23.3 Å². The van der Waals surface area contributed by atoms with E-state index in [1.807, 2.05) is 27.7 Å². The molecule has 1 fully saturated rings. The summed E-state index contributed by atoms with van der Waals surface area (Å²) in [6.07, 6.45) is 0.412. The van der Waals surface area contributed by atoms with Gasteiger partial charge in [0.1, 0.15) is 6.04 Å². The molecule has 0 aliphatic carbocycles. The average Bonchev–Trinajstić information content (AvgIpc) is 3.06. The molecule has 2 amide bonds. The van der Waals surface area contributed by atoms with Crippen LogP contribution < -0.4 is 5.32 Å². The summed E-state index contributed by atoms with van der Waals surface area (Å²) in [6, 6.07) is 5.91. The normalized spacial score (nSPS) is 20.8. The summed E-state index contributed by atoms with van der Waals surface area (Å²) < 4.78 is 0. The highest BCUT2D eigenvalue weighted by molar-refractivity contribution is 6.33. The van der Waals surface area contributed by atoms with Crippen LogP contribution in [0.2, 0.25) is 5.02 Å². The second-order valence-corrected chi connectivity index (χ2v) is 8.21. The van der Waals surface area contributed by atoms with E-state index in [0.717, 1.165) is 0 Å². The predicted molar refractivity (Wildman–Crippen MR) is 104 cm³/mol. The number of aliphatic carboxylic acids is 1. The van der Waals surface area contributed by atoms with Crippen molar-refractivity contribution in [2.75, 3.05) is 13.1 Å². The second kappa shape index (κ2) is 8.30. The Labute approximate surface area is 164 Å². The number of amides is 2. The number of hydrogen-bond donors (Lipinski definition) is 2. The molecule has 1 aromatic rings. The van der Waals surface area contributed by atoms with Gasteiger partial charge in [-0.25, -0.2) is 0 Å². The van der Waals surface area contributed by atoms with Crippen LogP contribution in [0, 0.1) is 17.3 Å². The topological polar surface area (TPSA) is 86.7 Å². The molecule has 1 aliphatic rings. The fourth-order valence-corrected chi connectivity index (χ4v) is 3.71. The van der Waals surface area contributed by atoms with Crippen molar-refractivity contribution >= 4 is 29.4 Å². The highest BCUT2D eigenvalue weighted by Crippen LogP contribution is 2.38. The van der Waals surface area contributed by atoms with E-state index >= 15 is 0 Å². The van der Waals surface area contributed by atoms with Crippen molar-refractivity contribution in [3.63, 3.8) is 0 Å². The molecular formula is C20H27ClN2O4. The highest BCUT2D eigenvalue weighted by Gasteiger charge is 2.49. The molecule has 0 spiro atoms. The Kier molecular flexibility index (Phi) is 6.52. The van der Waals surface area contributed by atoms with Crippen LogP contribution in [0.1, 0.15) is 44.5 Å². The maximum absolute atomic E-state index is 13.1. The van der Waals surface area contributed by atoms with Crippen molar-refractivity contribution in [1.82, 2.24) is 10.2 Å². The van der Waals surface area contributed by atoms with Crippen molar-refractivity contribution in [1.29, 1.82) is 0 Å². The van der Waals surface area contributed by atoms with Crippen molar-refractivity contribution in [3.05, 3.63) is 34.9 Å². The van der Waals surface area contributed by atoms with E-state index in [9.17, 15) is 19.5 Å². The molecule has 7 heteroatoms. The second-order valence-electron chi connectivity index (χ2n) is 7.80. The first kappa shape index (κ1) is 21.2. The van der Waals surface area contributed by atoms with Crippen LogP contribution in [-0.2, 0) is 9.59 Å². The first-order valence-corrected chi connectivity index (χ1v) is 9.55. The number of rotatable bonds is 6. The standard InChI is InChI=1S/C20H27ClN2O4/c1-12(2)16(22-17(24)14-7-5-6-8-15(14)21)18(25)23-10-9-20(11-23,13(3)4)19(26)27/h5-8,12-13,16H,9-11H2,1-4H3,(H,22,24)(H,26,27). The third-order valence-corrected chi connectivity index (χ3v) is 5.81. The quantitative estimate of drug-likeness (QED) is 0.776. The van der Waals surface area contributed by atoms with Gasteiger partial charge in [-0.05, 0) is 30.4 Å². The Morgan fingerprint density at radius 1 is 1.19 bits per heavy atom. The van der Waals surface area contributed by atoms with Crippen LogP contribution >= 0.6 is 11.6 Å². The Morgan fingerprint density at radius 3 is 2.30 bits per heavy atom. The summed E-state index contributed by atoms with van der Waals surface area (Å²) in [5.41, 5.74) is -0.634. The van der Waals surface area contributed by atoms with Gasteiger partial charge in [-0.2, -0.15) is 0 Å². The lowest BCUT2D eigenvalue weighted by Gasteiger charge is -2.31. The monoisotopic (exact) mass is 394 g/mol. The molecule has 2 N–H and O–H groups in total. The summed E-state index contributed by atoms with van der Waals surface area (Å²) in [7, 11) is 0. The fourth-order valence-electron chi connectivity index (χ4n) is 3.49. The molecule has 6 nitrogen and oxygen atoms in total. The van der Waals surface area contributed by atoms with Crippen LogP contribution in [0.15, 0.2) is 24.3 Å². The molecule has 2 unspecified atom stereocenters. The van der Waals surface area contributed by atoms with Crippen molar-refractivity contribution in [3.8, 4) is 0 Å². The zero-order valence-corrected chi connectivity index (χ0v) is 16.9. The molecule has 0 aromatic heterocycles. The first-order valence-electron chi connectivity index (χ1n) is 9.17. The number of nitrogens with one attached hydrogen (secondary N) is 1. The minimum absolute atomic E-state index is 0.0944. The van der Waals surface area contributed by atoms with Gasteiger partial charge in [0.05, 0.1) is 16.0 Å². The van der Waals surface area contributed by atoms with Gasteiger partial charge in [0.15, 0.2) is 0 Å². The van der Waals surface area contributed by atoms with Crippen LogP contribution in [0.3, 0.4) is 0 Å². The van der Waals surface area contributed by atoms with Crippen molar-refractivity contribution < 1.29 is 19.5 Å². The number of carboxylic acids is 1. The summed E-state index contributed by atoms with van der Waals surface area (Å²) >= 11 is 6.07. The van der Waals surface area contributed by atoms with Crippen LogP contribution in [0.5, 0.6) is 0 Å². The number of likely N-dealkylation sites (tertiary alicyclic amines) is 1. The Bertz CT molecular complexity index is 734. The fraction of sp³-hybridized carbons (Fsp3) is 0.550. The Morgan fingerprint density at radius 2 is 1.81 bits per heavy atom. The zero-order chi connectivity index (χ0) is 20.4. The first-order chi connectivity index (χ1) is 12.6. The van der Waals surface area contributed by atoms with E-state index in [1.54, 1.807) is 29.2 Å². The third-order valence-electron chi connectivity index (χ3n) is 5.48. The lowest BCUT2D eigenvalue weighted by atomic mass is 9.76. The largest absolute Gasteiger partial charge is 0.481 e. The van der Waals surface area contributed by atoms with Gasteiger partial charge >= 0.3 is 5.97 Å². The number of halogens is 1. The molecule has 1 aromatic carbocycles. The highest BCUT2D eigenvalue weighted by atomic mass is 35.5. The lowest BCUT2D eigenvalue weighted by molar-refractivity contribution is -0.151. The number of carbonyl (C=O) groups excluding carboxylic acids is 2. The number of carbonyl (C=O) groups is 3. The van der Waals surface area contributed by atoms with Crippen LogP contribution in [-0.4, -0.2) is 46.9 Å². The molecule has 2 rings (SSSR count). The molecule has 0 radical (unpaired) electrons. The number of hydrogen-bond acceptors (Lipinski definition) is 3. The van der Waals surface area contributed by atoms with Crippen molar-refractivity contribution in [2.45, 2.75) is 40.2 Å². The zero-order valence-electron chi connectivity index (χ0n) is 16.2. The molecule has 148 valence electrons. The summed E-state index contributed by atoms with van der Waals surface area (Å²) in [5, 5.41) is 12.8. The molecule has 0 bridgehead atoms. The number of nitrogens with zero attached hydrogens (tertiary/aromatic N) is 1. The summed E-state index contributed by atoms with van der Waals surface area (Å²) in [5.74, 6) is -1.80. The molecule has 2 atom stereocenters. The maximum Gasteiger partial charge on any atom is 0.311 e. The Hall–Kier alpha value is -2.08. The average molecular weight is 395 g/mol. The van der Waals surface area contributed by atoms with Crippen LogP contribution in [0.4, 0.5) is 0 Å².